The third-order valence-electron chi connectivity index (χ3n) is 2.89. The number of aliphatic hydroxyl groups excluding tert-OH is 1. The maximum atomic E-state index is 12.3. The number of carbonyl (C=O) groups is 1. The number of tetrazole rings is 1. The highest BCUT2D eigenvalue weighted by Gasteiger charge is 2.28. The van der Waals surface area contributed by atoms with Crippen LogP contribution in [0.4, 0.5) is 0 Å². The first-order chi connectivity index (χ1) is 8.75. The van der Waals surface area contributed by atoms with Crippen LogP contribution in [-0.2, 0) is 0 Å². The molecular weight excluding hydrogens is 254 g/mol. The molecule has 2 aromatic rings. The van der Waals surface area contributed by atoms with Crippen molar-refractivity contribution >= 4 is 17.2 Å². The molecule has 0 aromatic carbocycles. The van der Waals surface area contributed by atoms with Gasteiger partial charge in [-0.2, -0.15) is 4.68 Å². The van der Waals surface area contributed by atoms with Crippen LogP contribution in [0.25, 0.3) is 5.69 Å². The van der Waals surface area contributed by atoms with Crippen LogP contribution < -0.4 is 0 Å². The summed E-state index contributed by atoms with van der Waals surface area (Å²) >= 11 is 1.35. The average Bonchev–Trinajstić information content (AvgIpc) is 3.08. The Bertz CT molecular complexity index is 552. The van der Waals surface area contributed by atoms with E-state index in [-0.39, 0.29) is 5.91 Å². The molecule has 1 fully saturated rings. The Kier molecular flexibility index (Phi) is 2.80. The summed E-state index contributed by atoms with van der Waals surface area (Å²) in [6.45, 7) is 0.985. The lowest BCUT2D eigenvalue weighted by Gasteiger charge is -2.15. The summed E-state index contributed by atoms with van der Waals surface area (Å²) in [6.07, 6.45) is 1.68. The fourth-order valence-corrected chi connectivity index (χ4v) is 2.83. The van der Waals surface area contributed by atoms with Gasteiger partial charge < -0.3 is 10.0 Å². The van der Waals surface area contributed by atoms with Crippen molar-refractivity contribution in [1.29, 1.82) is 0 Å². The van der Waals surface area contributed by atoms with E-state index in [1.54, 1.807) is 11.0 Å². The van der Waals surface area contributed by atoms with Crippen molar-refractivity contribution in [2.45, 2.75) is 12.5 Å². The molecule has 0 radical (unpaired) electrons. The van der Waals surface area contributed by atoms with Gasteiger partial charge in [0.2, 0.25) is 0 Å². The summed E-state index contributed by atoms with van der Waals surface area (Å²) in [5, 5.41) is 22.2. The number of amides is 1. The van der Waals surface area contributed by atoms with E-state index in [4.69, 9.17) is 0 Å². The zero-order valence-electron chi connectivity index (χ0n) is 9.43. The molecule has 94 valence electrons. The number of nitrogens with zero attached hydrogens (tertiary/aromatic N) is 5. The maximum absolute atomic E-state index is 12.3. The van der Waals surface area contributed by atoms with Crippen molar-refractivity contribution in [3.8, 4) is 5.69 Å². The number of rotatable bonds is 2. The van der Waals surface area contributed by atoms with Gasteiger partial charge in [0.05, 0.1) is 11.8 Å². The highest BCUT2D eigenvalue weighted by Crippen LogP contribution is 2.23. The van der Waals surface area contributed by atoms with Crippen molar-refractivity contribution < 1.29 is 9.90 Å². The van der Waals surface area contributed by atoms with Crippen LogP contribution in [0.2, 0.25) is 0 Å². The van der Waals surface area contributed by atoms with Gasteiger partial charge in [-0.1, -0.05) is 0 Å². The zero-order valence-corrected chi connectivity index (χ0v) is 10.2. The molecule has 0 aliphatic carbocycles. The highest BCUT2D eigenvalue weighted by molar-refractivity contribution is 7.12. The van der Waals surface area contributed by atoms with Crippen LogP contribution in [0.15, 0.2) is 17.8 Å². The molecular formula is C10H11N5O2S. The standard InChI is InChI=1S/C10H11N5O2S/c16-7-1-3-14(5-7)10(17)9-8(2-4-18-9)15-6-11-12-13-15/h2,4,6-7,16H,1,3,5H2/t7-/m0/s1. The minimum Gasteiger partial charge on any atom is -0.391 e. The quantitative estimate of drug-likeness (QED) is 0.821. The largest absolute Gasteiger partial charge is 0.391 e. The zero-order chi connectivity index (χ0) is 12.5. The Morgan fingerprint density at radius 1 is 1.56 bits per heavy atom. The summed E-state index contributed by atoms with van der Waals surface area (Å²) in [5.41, 5.74) is 0.677. The van der Waals surface area contributed by atoms with Crippen molar-refractivity contribution in [3.05, 3.63) is 22.7 Å². The second kappa shape index (κ2) is 4.46. The number of hydrogen-bond acceptors (Lipinski definition) is 6. The lowest BCUT2D eigenvalue weighted by molar-refractivity contribution is 0.0769. The third kappa shape index (κ3) is 1.89. The topological polar surface area (TPSA) is 84.1 Å². The van der Waals surface area contributed by atoms with Gasteiger partial charge in [-0.3, -0.25) is 4.79 Å². The Morgan fingerprint density at radius 2 is 2.44 bits per heavy atom. The molecule has 18 heavy (non-hydrogen) atoms. The second-order valence-corrected chi connectivity index (χ2v) is 5.00. The molecule has 1 N–H and O–H groups in total. The van der Waals surface area contributed by atoms with E-state index in [0.717, 1.165) is 0 Å². The van der Waals surface area contributed by atoms with Crippen molar-refractivity contribution in [2.24, 2.45) is 0 Å². The van der Waals surface area contributed by atoms with E-state index in [9.17, 15) is 9.90 Å². The average molecular weight is 265 g/mol. The number of likely N-dealkylation sites (tertiary alicyclic amines) is 1. The number of β-amino-alcohol motifs (C(OH)–C–C–N with tert-alkyl or cyclic N) is 1. The van der Waals surface area contributed by atoms with E-state index in [1.165, 1.54) is 22.3 Å². The van der Waals surface area contributed by atoms with Crippen molar-refractivity contribution in [2.75, 3.05) is 13.1 Å². The fourth-order valence-electron chi connectivity index (χ4n) is 1.98. The molecule has 0 bridgehead atoms. The van der Waals surface area contributed by atoms with Gasteiger partial charge in [-0.15, -0.1) is 16.4 Å². The lowest BCUT2D eigenvalue weighted by atomic mass is 10.3. The molecule has 0 unspecified atom stereocenters. The Balaban J connectivity index is 1.89. The molecule has 0 saturated carbocycles. The predicted octanol–water partition coefficient (Wildman–Crippen LogP) is -0.0694. The molecule has 7 nitrogen and oxygen atoms in total. The van der Waals surface area contributed by atoms with Gasteiger partial charge in [0.1, 0.15) is 11.2 Å². The van der Waals surface area contributed by atoms with Gasteiger partial charge in [0.25, 0.3) is 5.91 Å². The minimum absolute atomic E-state index is 0.0768. The summed E-state index contributed by atoms with van der Waals surface area (Å²) in [6, 6.07) is 1.81. The van der Waals surface area contributed by atoms with E-state index in [1.807, 2.05) is 5.38 Å². The molecule has 1 amide bonds. The Morgan fingerprint density at radius 3 is 3.11 bits per heavy atom. The monoisotopic (exact) mass is 265 g/mol. The van der Waals surface area contributed by atoms with Crippen molar-refractivity contribution in [3.63, 3.8) is 0 Å². The van der Waals surface area contributed by atoms with Crippen LogP contribution >= 0.6 is 11.3 Å². The SMILES string of the molecule is O=C(c1sccc1-n1cnnn1)N1CC[C@H](O)C1. The van der Waals surface area contributed by atoms with E-state index in [0.29, 0.717) is 30.1 Å². The first-order valence-electron chi connectivity index (χ1n) is 5.54. The first-order valence-corrected chi connectivity index (χ1v) is 6.42. The molecule has 3 rings (SSSR count). The summed E-state index contributed by atoms with van der Waals surface area (Å²) in [7, 11) is 0. The van der Waals surface area contributed by atoms with Gasteiger partial charge in [-0.25, -0.2) is 0 Å². The predicted molar refractivity (Wildman–Crippen MR) is 63.6 cm³/mol. The van der Waals surface area contributed by atoms with Crippen LogP contribution in [0.5, 0.6) is 0 Å². The lowest BCUT2D eigenvalue weighted by Crippen LogP contribution is -2.29. The minimum atomic E-state index is -0.412. The first kappa shape index (κ1) is 11.3. The molecule has 0 spiro atoms. The molecule has 1 saturated heterocycles. The van der Waals surface area contributed by atoms with E-state index >= 15 is 0 Å². The van der Waals surface area contributed by atoms with Gasteiger partial charge in [0, 0.05) is 13.1 Å². The molecule has 3 heterocycles. The van der Waals surface area contributed by atoms with E-state index < -0.39 is 6.10 Å². The molecule has 1 aliphatic heterocycles. The van der Waals surface area contributed by atoms with Crippen molar-refractivity contribution in [1.82, 2.24) is 25.1 Å². The smallest absolute Gasteiger partial charge is 0.266 e. The maximum Gasteiger partial charge on any atom is 0.266 e. The van der Waals surface area contributed by atoms with Crippen LogP contribution in [-0.4, -0.2) is 55.3 Å². The third-order valence-corrected chi connectivity index (χ3v) is 3.78. The number of hydrogen-bond donors (Lipinski definition) is 1. The Labute approximate surface area is 107 Å². The van der Waals surface area contributed by atoms with Crippen LogP contribution in [0.3, 0.4) is 0 Å². The highest BCUT2D eigenvalue weighted by atomic mass is 32.1. The normalized spacial score (nSPS) is 19.4. The number of thiophene rings is 1. The van der Waals surface area contributed by atoms with E-state index in [2.05, 4.69) is 15.5 Å². The van der Waals surface area contributed by atoms with Crippen LogP contribution in [0.1, 0.15) is 16.1 Å². The number of aliphatic hydroxyl groups is 1. The van der Waals surface area contributed by atoms with Gasteiger partial charge in [0.15, 0.2) is 0 Å². The fraction of sp³-hybridized carbons (Fsp3) is 0.400. The number of aromatic nitrogens is 4. The van der Waals surface area contributed by atoms with Gasteiger partial charge in [-0.05, 0) is 28.3 Å². The summed E-state index contributed by atoms with van der Waals surface area (Å²) in [5.74, 6) is -0.0768. The second-order valence-electron chi connectivity index (χ2n) is 4.08. The van der Waals surface area contributed by atoms with Crippen LogP contribution in [0, 0.1) is 0 Å². The molecule has 8 heteroatoms. The molecule has 2 aromatic heterocycles. The summed E-state index contributed by atoms with van der Waals surface area (Å²) in [4.78, 5) is 14.6. The Hall–Kier alpha value is -1.80. The van der Waals surface area contributed by atoms with Gasteiger partial charge >= 0.3 is 0 Å². The number of carbonyl (C=O) groups excluding carboxylic acids is 1. The molecule has 1 aliphatic rings. The summed E-state index contributed by atoms with van der Waals surface area (Å²) < 4.78 is 1.47. The molecule has 1 atom stereocenters.